The highest BCUT2D eigenvalue weighted by Gasteiger charge is 2.22. The molecule has 1 heteroatoms. The molecule has 1 unspecified atom stereocenters. The van der Waals surface area contributed by atoms with Crippen LogP contribution in [0.15, 0.2) is 16.8 Å². The van der Waals surface area contributed by atoms with Crippen molar-refractivity contribution in [1.82, 2.24) is 0 Å². The minimum absolute atomic E-state index is 0.734. The van der Waals surface area contributed by atoms with Crippen molar-refractivity contribution in [2.45, 2.75) is 39.0 Å². The van der Waals surface area contributed by atoms with E-state index < -0.39 is 0 Å². The van der Waals surface area contributed by atoms with Gasteiger partial charge >= 0.3 is 0 Å². The topological polar surface area (TPSA) is 12.4 Å². The molecule has 0 aromatic carbocycles. The molecule has 2 aliphatic rings. The van der Waals surface area contributed by atoms with Gasteiger partial charge in [-0.15, -0.1) is 0 Å². The lowest BCUT2D eigenvalue weighted by atomic mass is 9.93. The van der Waals surface area contributed by atoms with Crippen LogP contribution in [0.1, 0.15) is 39.0 Å². The Kier molecular flexibility index (Phi) is 1.80. The van der Waals surface area contributed by atoms with Crippen LogP contribution in [0.25, 0.3) is 0 Å². The number of hydrogen-bond donors (Lipinski definition) is 0. The van der Waals surface area contributed by atoms with Crippen molar-refractivity contribution < 1.29 is 0 Å². The smallest absolute Gasteiger partial charge is 0.0265 e. The first-order valence-electron chi connectivity index (χ1n) is 4.61. The van der Waals surface area contributed by atoms with Gasteiger partial charge in [0.1, 0.15) is 0 Å². The lowest BCUT2D eigenvalue weighted by Gasteiger charge is -2.10. The minimum Gasteiger partial charge on any atom is -0.265 e. The van der Waals surface area contributed by atoms with Gasteiger partial charge in [0.05, 0.1) is 0 Å². The second kappa shape index (κ2) is 2.80. The van der Waals surface area contributed by atoms with Crippen molar-refractivity contribution in [2.24, 2.45) is 10.9 Å². The van der Waals surface area contributed by atoms with Gasteiger partial charge in [-0.2, -0.15) is 0 Å². The molecular weight excluding hydrogens is 134 g/mol. The van der Waals surface area contributed by atoms with E-state index in [4.69, 9.17) is 0 Å². The Bertz CT molecular complexity index is 213. The van der Waals surface area contributed by atoms with Gasteiger partial charge in [-0.25, -0.2) is 0 Å². The summed E-state index contributed by atoms with van der Waals surface area (Å²) in [5.74, 6) is 0.734. The first-order chi connectivity index (χ1) is 5.38. The Hall–Kier alpha value is -0.590. The fourth-order valence-electron chi connectivity index (χ4n) is 2.12. The molecule has 0 radical (unpaired) electrons. The van der Waals surface area contributed by atoms with E-state index in [9.17, 15) is 0 Å². The first kappa shape index (κ1) is 7.08. The van der Waals surface area contributed by atoms with E-state index in [1.807, 2.05) is 0 Å². The molecule has 0 amide bonds. The first-order valence-corrected chi connectivity index (χ1v) is 4.61. The van der Waals surface area contributed by atoms with Crippen LogP contribution in [0.3, 0.4) is 0 Å². The van der Waals surface area contributed by atoms with E-state index in [1.165, 1.54) is 37.8 Å². The summed E-state index contributed by atoms with van der Waals surface area (Å²) in [5.41, 5.74) is 2.95. The molecule has 1 fully saturated rings. The number of rotatable bonds is 0. The third-order valence-corrected chi connectivity index (χ3v) is 2.84. The average Bonchev–Trinajstić information content (AvgIpc) is 2.25. The number of fused-ring (bicyclic) bond motifs is 1. The lowest BCUT2D eigenvalue weighted by molar-refractivity contribution is 0.665. The van der Waals surface area contributed by atoms with Crippen LogP contribution in [0.4, 0.5) is 0 Å². The maximum absolute atomic E-state index is 4.38. The third-order valence-electron chi connectivity index (χ3n) is 2.84. The predicted octanol–water partition coefficient (Wildman–Crippen LogP) is 2.93. The lowest BCUT2D eigenvalue weighted by Crippen LogP contribution is -2.08. The normalized spacial score (nSPS) is 30.5. The minimum atomic E-state index is 0.734. The summed E-state index contributed by atoms with van der Waals surface area (Å²) < 4.78 is 0. The second-order valence-corrected chi connectivity index (χ2v) is 3.63. The molecule has 1 aliphatic carbocycles. The Morgan fingerprint density at radius 3 is 3.18 bits per heavy atom. The van der Waals surface area contributed by atoms with E-state index in [1.54, 1.807) is 5.57 Å². The van der Waals surface area contributed by atoms with Gasteiger partial charge in [-0.05, 0) is 31.8 Å². The quantitative estimate of drug-likeness (QED) is 0.502. The monoisotopic (exact) mass is 149 g/mol. The molecule has 0 spiro atoms. The van der Waals surface area contributed by atoms with Crippen LogP contribution < -0.4 is 0 Å². The van der Waals surface area contributed by atoms with E-state index in [2.05, 4.69) is 18.1 Å². The van der Waals surface area contributed by atoms with Crippen molar-refractivity contribution in [2.75, 3.05) is 0 Å². The van der Waals surface area contributed by atoms with Crippen molar-refractivity contribution in [3.63, 3.8) is 0 Å². The van der Waals surface area contributed by atoms with Gasteiger partial charge in [0.25, 0.3) is 0 Å². The molecule has 11 heavy (non-hydrogen) atoms. The zero-order valence-corrected chi connectivity index (χ0v) is 7.14. The molecule has 60 valence electrons. The highest BCUT2D eigenvalue weighted by Crippen LogP contribution is 2.32. The Morgan fingerprint density at radius 2 is 2.27 bits per heavy atom. The Balaban J connectivity index is 2.15. The fraction of sp³-hybridized carbons (Fsp3) is 0.700. The highest BCUT2D eigenvalue weighted by atomic mass is 14.7. The zero-order chi connectivity index (χ0) is 7.68. The molecule has 0 aromatic rings. The highest BCUT2D eigenvalue weighted by molar-refractivity contribution is 5.89. The fourth-order valence-corrected chi connectivity index (χ4v) is 2.12. The third kappa shape index (κ3) is 1.24. The molecule has 1 saturated carbocycles. The number of hydrogen-bond acceptors (Lipinski definition) is 1. The summed E-state index contributed by atoms with van der Waals surface area (Å²) in [4.78, 5) is 4.38. The van der Waals surface area contributed by atoms with E-state index in [-0.39, 0.29) is 0 Å². The van der Waals surface area contributed by atoms with E-state index in [0.29, 0.717) is 0 Å². The largest absolute Gasteiger partial charge is 0.265 e. The van der Waals surface area contributed by atoms with Crippen LogP contribution in [-0.4, -0.2) is 5.71 Å². The summed E-state index contributed by atoms with van der Waals surface area (Å²) in [6.07, 6.45) is 8.94. The average molecular weight is 149 g/mol. The molecule has 1 aliphatic heterocycles. The summed E-state index contributed by atoms with van der Waals surface area (Å²) in [6, 6.07) is 0. The van der Waals surface area contributed by atoms with Crippen molar-refractivity contribution >= 4 is 5.71 Å². The summed E-state index contributed by atoms with van der Waals surface area (Å²) >= 11 is 0. The van der Waals surface area contributed by atoms with Gasteiger partial charge in [-0.3, -0.25) is 4.99 Å². The molecule has 0 N–H and O–H groups in total. The molecule has 0 bridgehead atoms. The Labute approximate surface area is 68.2 Å². The molecule has 0 aromatic heterocycles. The summed E-state index contributed by atoms with van der Waals surface area (Å²) in [6.45, 7) is 2.17. The van der Waals surface area contributed by atoms with Gasteiger partial charge in [0.2, 0.25) is 0 Å². The predicted molar refractivity (Wildman–Crippen MR) is 47.8 cm³/mol. The van der Waals surface area contributed by atoms with Crippen LogP contribution in [0.2, 0.25) is 0 Å². The standard InChI is InChI=1S/C10H15N/c1-8-10-6-4-2-3-5-9(10)7-11-8/h7,10H,2-6H2,1H3. The number of allylic oxidation sites excluding steroid dienone is 1. The molecule has 0 saturated heterocycles. The van der Waals surface area contributed by atoms with Gasteiger partial charge in [0.15, 0.2) is 0 Å². The van der Waals surface area contributed by atoms with Gasteiger partial charge in [-0.1, -0.05) is 12.8 Å². The van der Waals surface area contributed by atoms with Crippen LogP contribution in [0.5, 0.6) is 0 Å². The summed E-state index contributed by atoms with van der Waals surface area (Å²) in [7, 11) is 0. The van der Waals surface area contributed by atoms with E-state index in [0.717, 1.165) is 5.92 Å². The molecule has 1 atom stereocenters. The second-order valence-electron chi connectivity index (χ2n) is 3.63. The van der Waals surface area contributed by atoms with Crippen molar-refractivity contribution in [3.8, 4) is 0 Å². The molecule has 1 heterocycles. The molecular formula is C10H15N. The SMILES string of the molecule is CC1=NC=C2CCCCCC21. The number of nitrogens with zero attached hydrogens (tertiary/aromatic N) is 1. The van der Waals surface area contributed by atoms with Crippen LogP contribution in [0, 0.1) is 5.92 Å². The summed E-state index contributed by atoms with van der Waals surface area (Å²) in [5, 5.41) is 0. The maximum atomic E-state index is 4.38. The zero-order valence-electron chi connectivity index (χ0n) is 7.14. The molecule has 2 rings (SSSR count). The van der Waals surface area contributed by atoms with Crippen molar-refractivity contribution in [3.05, 3.63) is 11.8 Å². The van der Waals surface area contributed by atoms with Crippen LogP contribution >= 0.6 is 0 Å². The number of aliphatic imine (C=N–C) groups is 1. The molecule has 1 nitrogen and oxygen atoms in total. The van der Waals surface area contributed by atoms with Gasteiger partial charge in [0, 0.05) is 17.8 Å². The van der Waals surface area contributed by atoms with Gasteiger partial charge < -0.3 is 0 Å². The maximum Gasteiger partial charge on any atom is 0.0265 e. The Morgan fingerprint density at radius 1 is 1.36 bits per heavy atom. The van der Waals surface area contributed by atoms with E-state index >= 15 is 0 Å². The van der Waals surface area contributed by atoms with Crippen LogP contribution in [-0.2, 0) is 0 Å². The van der Waals surface area contributed by atoms with Crippen molar-refractivity contribution in [1.29, 1.82) is 0 Å².